The van der Waals surface area contributed by atoms with Crippen LogP contribution in [0, 0.1) is 0 Å². The number of nitrogens with one attached hydrogen (secondary N) is 3. The number of aliphatic imine (C=N–C) groups is 1. The molecule has 0 spiro atoms. The van der Waals surface area contributed by atoms with Crippen LogP contribution in [0.2, 0.25) is 0 Å². The zero-order chi connectivity index (χ0) is 21.1. The first kappa shape index (κ1) is 22.3. The molecular formula is C23H32N4O2. The van der Waals surface area contributed by atoms with Crippen LogP contribution in [-0.4, -0.2) is 37.6 Å². The third-order valence-electron chi connectivity index (χ3n) is 3.99. The number of hydrogen-bond acceptors (Lipinski definition) is 3. The molecule has 0 saturated carbocycles. The first-order valence-electron chi connectivity index (χ1n) is 9.91. The summed E-state index contributed by atoms with van der Waals surface area (Å²) in [7, 11) is 1.74. The Bertz CT molecular complexity index is 798. The number of guanidine groups is 1. The van der Waals surface area contributed by atoms with Crippen molar-refractivity contribution < 1.29 is 9.53 Å². The predicted molar refractivity (Wildman–Crippen MR) is 118 cm³/mol. The maximum atomic E-state index is 12.3. The summed E-state index contributed by atoms with van der Waals surface area (Å²) in [5.74, 6) is 1.53. The molecule has 0 radical (unpaired) electrons. The number of amides is 1. The molecule has 6 nitrogen and oxygen atoms in total. The van der Waals surface area contributed by atoms with Crippen LogP contribution in [0.4, 0.5) is 0 Å². The van der Waals surface area contributed by atoms with Crippen molar-refractivity contribution in [3.8, 4) is 5.75 Å². The lowest BCUT2D eigenvalue weighted by atomic mass is 10.1. The molecule has 0 atom stereocenters. The van der Waals surface area contributed by atoms with Crippen molar-refractivity contribution in [2.45, 2.75) is 39.3 Å². The van der Waals surface area contributed by atoms with Gasteiger partial charge in [-0.15, -0.1) is 0 Å². The quantitative estimate of drug-likeness (QED) is 0.363. The van der Waals surface area contributed by atoms with E-state index in [0.717, 1.165) is 24.3 Å². The highest BCUT2D eigenvalue weighted by Crippen LogP contribution is 2.09. The first-order chi connectivity index (χ1) is 13.9. The number of ether oxygens (including phenoxy) is 1. The largest absolute Gasteiger partial charge is 0.494 e. The molecule has 0 aliphatic carbocycles. The second-order valence-corrected chi connectivity index (χ2v) is 7.77. The molecule has 3 N–H and O–H groups in total. The molecule has 0 saturated heterocycles. The highest BCUT2D eigenvalue weighted by atomic mass is 16.5. The fourth-order valence-corrected chi connectivity index (χ4v) is 2.63. The van der Waals surface area contributed by atoms with Crippen LogP contribution in [-0.2, 0) is 6.54 Å². The Kier molecular flexibility index (Phi) is 8.52. The zero-order valence-corrected chi connectivity index (χ0v) is 17.8. The van der Waals surface area contributed by atoms with Crippen molar-refractivity contribution in [2.24, 2.45) is 4.99 Å². The Morgan fingerprint density at radius 2 is 1.79 bits per heavy atom. The predicted octanol–water partition coefficient (Wildman–Crippen LogP) is 3.35. The van der Waals surface area contributed by atoms with Crippen LogP contribution in [0.3, 0.4) is 0 Å². The lowest BCUT2D eigenvalue weighted by Gasteiger charge is -2.20. The van der Waals surface area contributed by atoms with Crippen molar-refractivity contribution in [2.75, 3.05) is 20.2 Å². The summed E-state index contributed by atoms with van der Waals surface area (Å²) in [5.41, 5.74) is 1.41. The Morgan fingerprint density at radius 3 is 2.48 bits per heavy atom. The smallest absolute Gasteiger partial charge is 0.251 e. The Hall–Kier alpha value is -3.02. The van der Waals surface area contributed by atoms with E-state index in [1.807, 2.05) is 75.4 Å². The first-order valence-corrected chi connectivity index (χ1v) is 9.91. The molecule has 2 aromatic carbocycles. The number of carbonyl (C=O) groups excluding carboxylic acids is 1. The lowest BCUT2D eigenvalue weighted by molar-refractivity contribution is 0.0919. The van der Waals surface area contributed by atoms with Gasteiger partial charge in [-0.2, -0.15) is 0 Å². The van der Waals surface area contributed by atoms with Crippen molar-refractivity contribution in [3.63, 3.8) is 0 Å². The van der Waals surface area contributed by atoms with E-state index >= 15 is 0 Å². The lowest BCUT2D eigenvalue weighted by Crippen LogP contribution is -2.40. The van der Waals surface area contributed by atoms with Gasteiger partial charge in [-0.05, 0) is 57.0 Å². The summed E-state index contributed by atoms with van der Waals surface area (Å²) in [6, 6.07) is 17.4. The van der Waals surface area contributed by atoms with E-state index in [9.17, 15) is 4.79 Å². The summed E-state index contributed by atoms with van der Waals surface area (Å²) < 4.78 is 5.68. The van der Waals surface area contributed by atoms with Gasteiger partial charge in [0.05, 0.1) is 6.61 Å². The van der Waals surface area contributed by atoms with Gasteiger partial charge in [0.1, 0.15) is 5.75 Å². The van der Waals surface area contributed by atoms with Crippen molar-refractivity contribution in [3.05, 3.63) is 65.7 Å². The van der Waals surface area contributed by atoms with Crippen LogP contribution in [0.15, 0.2) is 59.6 Å². The maximum Gasteiger partial charge on any atom is 0.251 e. The molecular weight excluding hydrogens is 364 g/mol. The second-order valence-electron chi connectivity index (χ2n) is 7.77. The normalized spacial score (nSPS) is 11.7. The molecule has 0 aromatic heterocycles. The molecule has 0 aliphatic heterocycles. The van der Waals surface area contributed by atoms with Gasteiger partial charge in [-0.3, -0.25) is 9.79 Å². The molecule has 0 aliphatic rings. The summed E-state index contributed by atoms with van der Waals surface area (Å²) in [5, 5.41) is 9.53. The monoisotopic (exact) mass is 396 g/mol. The summed E-state index contributed by atoms with van der Waals surface area (Å²) >= 11 is 0. The van der Waals surface area contributed by atoms with E-state index in [4.69, 9.17) is 4.74 Å². The van der Waals surface area contributed by atoms with Crippen molar-refractivity contribution in [1.29, 1.82) is 0 Å². The third-order valence-corrected chi connectivity index (χ3v) is 3.99. The second kappa shape index (κ2) is 11.1. The average Bonchev–Trinajstić information content (AvgIpc) is 2.70. The highest BCUT2D eigenvalue weighted by molar-refractivity contribution is 5.94. The zero-order valence-electron chi connectivity index (χ0n) is 17.8. The van der Waals surface area contributed by atoms with E-state index < -0.39 is 0 Å². The van der Waals surface area contributed by atoms with Crippen LogP contribution >= 0.6 is 0 Å². The van der Waals surface area contributed by atoms with Gasteiger partial charge in [-0.1, -0.05) is 30.3 Å². The molecule has 6 heteroatoms. The van der Waals surface area contributed by atoms with Crippen LogP contribution in [0.1, 0.15) is 43.1 Å². The number of nitrogens with zero attached hydrogens (tertiary/aromatic N) is 1. The maximum absolute atomic E-state index is 12.3. The minimum absolute atomic E-state index is 0.0692. The molecule has 0 heterocycles. The Morgan fingerprint density at radius 1 is 1.03 bits per heavy atom. The SMILES string of the molecule is CN=C(NCCCOc1ccccc1)NCc1cccc(C(=O)NC(C)(C)C)c1. The summed E-state index contributed by atoms with van der Waals surface area (Å²) in [6.07, 6.45) is 0.859. The molecule has 29 heavy (non-hydrogen) atoms. The Labute approximate surface area is 173 Å². The van der Waals surface area contributed by atoms with Crippen LogP contribution < -0.4 is 20.7 Å². The van der Waals surface area contributed by atoms with E-state index in [2.05, 4.69) is 20.9 Å². The minimum atomic E-state index is -0.262. The molecule has 2 rings (SSSR count). The standard InChI is InChI=1S/C23H32N4O2/c1-23(2,3)27-21(28)19-11-8-10-18(16-19)17-26-22(24-4)25-14-9-15-29-20-12-6-5-7-13-20/h5-8,10-13,16H,9,14-15,17H2,1-4H3,(H,27,28)(H2,24,25,26). The van der Waals surface area contributed by atoms with Crippen molar-refractivity contribution in [1.82, 2.24) is 16.0 Å². The van der Waals surface area contributed by atoms with Gasteiger partial charge in [0, 0.05) is 31.2 Å². The summed E-state index contributed by atoms with van der Waals surface area (Å²) in [6.45, 7) is 7.88. The van der Waals surface area contributed by atoms with Crippen LogP contribution in [0.5, 0.6) is 5.75 Å². The highest BCUT2D eigenvalue weighted by Gasteiger charge is 2.15. The fourth-order valence-electron chi connectivity index (χ4n) is 2.63. The van der Waals surface area contributed by atoms with E-state index in [0.29, 0.717) is 24.7 Å². The molecule has 2 aromatic rings. The number of carbonyl (C=O) groups is 1. The van der Waals surface area contributed by atoms with Crippen LogP contribution in [0.25, 0.3) is 0 Å². The van der Waals surface area contributed by atoms with Crippen molar-refractivity contribution >= 4 is 11.9 Å². The number of benzene rings is 2. The minimum Gasteiger partial charge on any atom is -0.494 e. The molecule has 0 unspecified atom stereocenters. The van der Waals surface area contributed by atoms with Gasteiger partial charge in [-0.25, -0.2) is 0 Å². The van der Waals surface area contributed by atoms with Gasteiger partial charge >= 0.3 is 0 Å². The Balaban J connectivity index is 1.74. The number of rotatable bonds is 8. The molecule has 1 amide bonds. The van der Waals surface area contributed by atoms with Gasteiger partial charge in [0.15, 0.2) is 5.96 Å². The molecule has 156 valence electrons. The van der Waals surface area contributed by atoms with Gasteiger partial charge < -0.3 is 20.7 Å². The van der Waals surface area contributed by atoms with Gasteiger partial charge in [0.2, 0.25) is 0 Å². The topological polar surface area (TPSA) is 74.8 Å². The van der Waals surface area contributed by atoms with E-state index in [-0.39, 0.29) is 11.4 Å². The molecule has 0 bridgehead atoms. The molecule has 0 fully saturated rings. The van der Waals surface area contributed by atoms with E-state index in [1.165, 1.54) is 0 Å². The number of para-hydroxylation sites is 1. The third kappa shape index (κ3) is 8.68. The van der Waals surface area contributed by atoms with E-state index in [1.54, 1.807) is 7.05 Å². The number of hydrogen-bond donors (Lipinski definition) is 3. The average molecular weight is 397 g/mol. The van der Waals surface area contributed by atoms with Gasteiger partial charge in [0.25, 0.3) is 5.91 Å². The fraction of sp³-hybridized carbons (Fsp3) is 0.391. The summed E-state index contributed by atoms with van der Waals surface area (Å²) in [4.78, 5) is 16.6.